The van der Waals surface area contributed by atoms with Gasteiger partial charge in [0.2, 0.25) is 0 Å². The van der Waals surface area contributed by atoms with E-state index >= 15 is 0 Å². The van der Waals surface area contributed by atoms with E-state index in [9.17, 15) is 0 Å². The fourth-order valence-corrected chi connectivity index (χ4v) is 3.47. The molecule has 0 bridgehead atoms. The second-order valence-electron chi connectivity index (χ2n) is 6.42. The van der Waals surface area contributed by atoms with Crippen LogP contribution >= 0.6 is 0 Å². The van der Waals surface area contributed by atoms with E-state index < -0.39 is 8.07 Å². The zero-order valence-electron chi connectivity index (χ0n) is 14.9. The van der Waals surface area contributed by atoms with Crippen LogP contribution in [0.3, 0.4) is 0 Å². The molecule has 0 N–H and O–H groups in total. The molecule has 2 nitrogen and oxygen atoms in total. The zero-order valence-corrected chi connectivity index (χ0v) is 15.9. The average molecular weight is 319 g/mol. The largest absolute Gasteiger partial charge is 0.381 e. The van der Waals surface area contributed by atoms with Gasteiger partial charge in [-0.3, -0.25) is 0 Å². The van der Waals surface area contributed by atoms with E-state index in [-0.39, 0.29) is 6.10 Å². The molecular weight excluding hydrogens is 288 g/mol. The van der Waals surface area contributed by atoms with Crippen molar-refractivity contribution in [3.63, 3.8) is 0 Å². The molecule has 0 spiro atoms. The quantitative estimate of drug-likeness (QED) is 0.491. The van der Waals surface area contributed by atoms with E-state index in [0.29, 0.717) is 6.61 Å². The van der Waals surface area contributed by atoms with E-state index in [1.165, 1.54) is 16.3 Å². The van der Waals surface area contributed by atoms with Gasteiger partial charge in [0.05, 0.1) is 6.61 Å². The molecule has 0 aromatic heterocycles. The van der Waals surface area contributed by atoms with Crippen molar-refractivity contribution in [3.05, 3.63) is 52.4 Å². The highest BCUT2D eigenvalue weighted by molar-refractivity contribution is 6.84. The molecular formula is C19H30O2Si. The van der Waals surface area contributed by atoms with Crippen molar-refractivity contribution in [1.29, 1.82) is 0 Å². The van der Waals surface area contributed by atoms with Crippen molar-refractivity contribution in [3.8, 4) is 0 Å². The lowest BCUT2D eigenvalue weighted by Crippen LogP contribution is -2.35. The molecule has 0 aliphatic rings. The highest BCUT2D eigenvalue weighted by Crippen LogP contribution is 2.19. The summed E-state index contributed by atoms with van der Waals surface area (Å²) < 4.78 is 11.6. The molecule has 0 saturated heterocycles. The summed E-state index contributed by atoms with van der Waals surface area (Å²) >= 11 is 0. The average Bonchev–Trinajstić information content (AvgIpc) is 2.52. The van der Waals surface area contributed by atoms with Gasteiger partial charge >= 0.3 is 0 Å². The smallest absolute Gasteiger partial charge is 0.113 e. The van der Waals surface area contributed by atoms with Crippen LogP contribution in [0.2, 0.25) is 13.1 Å². The third-order valence-corrected chi connectivity index (χ3v) is 7.22. The maximum absolute atomic E-state index is 6.01. The van der Waals surface area contributed by atoms with Gasteiger partial charge in [-0.05, 0) is 36.6 Å². The van der Waals surface area contributed by atoms with Crippen molar-refractivity contribution < 1.29 is 9.47 Å². The van der Waals surface area contributed by atoms with E-state index in [1.54, 1.807) is 7.11 Å². The van der Waals surface area contributed by atoms with Crippen LogP contribution in [0.1, 0.15) is 38.9 Å². The maximum Gasteiger partial charge on any atom is 0.113 e. The first-order valence-corrected chi connectivity index (χ1v) is 11.2. The van der Waals surface area contributed by atoms with E-state index in [2.05, 4.69) is 51.7 Å². The van der Waals surface area contributed by atoms with Crippen LogP contribution < -0.4 is 0 Å². The Morgan fingerprint density at radius 1 is 1.18 bits per heavy atom. The van der Waals surface area contributed by atoms with Crippen molar-refractivity contribution in [1.82, 2.24) is 0 Å². The van der Waals surface area contributed by atoms with Gasteiger partial charge in [0, 0.05) is 13.3 Å². The minimum Gasteiger partial charge on any atom is -0.381 e. The van der Waals surface area contributed by atoms with Gasteiger partial charge in [-0.15, -0.1) is 5.73 Å². The summed E-state index contributed by atoms with van der Waals surface area (Å²) in [5.74, 6) is 0. The first-order valence-electron chi connectivity index (χ1n) is 7.99. The Morgan fingerprint density at radius 2 is 1.82 bits per heavy atom. The lowest BCUT2D eigenvalue weighted by atomic mass is 10.1. The van der Waals surface area contributed by atoms with Crippen LogP contribution in [0, 0.1) is 0 Å². The summed E-state index contributed by atoms with van der Waals surface area (Å²) in [7, 11) is 0.179. The van der Waals surface area contributed by atoms with Gasteiger partial charge in [0.15, 0.2) is 0 Å². The summed E-state index contributed by atoms with van der Waals surface area (Å²) in [5.41, 5.74) is 6.02. The lowest BCUT2D eigenvalue weighted by molar-refractivity contribution is 0.0199. The van der Waals surface area contributed by atoms with E-state index in [4.69, 9.17) is 9.47 Å². The Balaban J connectivity index is 2.63. The minimum atomic E-state index is -1.56. The van der Waals surface area contributed by atoms with Crippen LogP contribution in [-0.2, 0) is 9.47 Å². The van der Waals surface area contributed by atoms with Gasteiger partial charge in [0.25, 0.3) is 0 Å². The number of benzene rings is 1. The minimum absolute atomic E-state index is 0.00297. The predicted molar refractivity (Wildman–Crippen MR) is 96.7 cm³/mol. The molecule has 1 rings (SSSR count). The summed E-state index contributed by atoms with van der Waals surface area (Å²) in [5, 5.41) is 1.38. The van der Waals surface area contributed by atoms with Crippen molar-refractivity contribution >= 4 is 8.07 Å². The van der Waals surface area contributed by atoms with Gasteiger partial charge < -0.3 is 9.47 Å². The second-order valence-corrected chi connectivity index (χ2v) is 11.2. The molecule has 0 heterocycles. The first-order chi connectivity index (χ1) is 10.4. The van der Waals surface area contributed by atoms with Gasteiger partial charge in [-0.2, -0.15) is 0 Å². The van der Waals surface area contributed by atoms with Crippen LogP contribution in [0.25, 0.3) is 0 Å². The van der Waals surface area contributed by atoms with Gasteiger partial charge in [-0.1, -0.05) is 50.3 Å². The van der Waals surface area contributed by atoms with Crippen LogP contribution in [0.5, 0.6) is 0 Å². The normalized spacial score (nSPS) is 12.6. The molecule has 0 aliphatic heterocycles. The summed E-state index contributed by atoms with van der Waals surface area (Å²) in [6.07, 6.45) is 1.86. The van der Waals surface area contributed by atoms with Gasteiger partial charge in [0.1, 0.15) is 14.2 Å². The van der Waals surface area contributed by atoms with Crippen LogP contribution in [0.15, 0.2) is 46.8 Å². The molecule has 0 saturated carbocycles. The number of ether oxygens (including phenoxy) is 2. The van der Waals surface area contributed by atoms with Crippen LogP contribution in [-0.4, -0.2) is 28.0 Å². The number of hydrogen-bond acceptors (Lipinski definition) is 2. The Kier molecular flexibility index (Phi) is 7.84. The molecule has 0 radical (unpaired) electrons. The Morgan fingerprint density at radius 3 is 2.36 bits per heavy atom. The Labute approximate surface area is 136 Å². The predicted octanol–water partition coefficient (Wildman–Crippen LogP) is 5.08. The zero-order chi connectivity index (χ0) is 16.6. The molecule has 0 amide bonds. The SMILES string of the molecule is CCC(C)=C=C(C)[Si](C)(C)COC[C@@H](OC)c1ccccc1. The number of allylic oxidation sites excluding steroid dienone is 1. The molecule has 0 fully saturated rings. The highest BCUT2D eigenvalue weighted by atomic mass is 28.3. The van der Waals surface area contributed by atoms with E-state index in [0.717, 1.165) is 12.7 Å². The number of rotatable bonds is 8. The highest BCUT2D eigenvalue weighted by Gasteiger charge is 2.24. The Bertz CT molecular complexity index is 513. The standard InChI is InChI=1S/C19H30O2Si/c1-7-16(2)13-17(3)22(5,6)15-21-14-19(20-4)18-11-9-8-10-12-18/h8-12,19H,7,14-15H2,1-6H3/t13?,19-/m1/s1. The fraction of sp³-hybridized carbons (Fsp3) is 0.526. The molecule has 1 aromatic rings. The van der Waals surface area contributed by atoms with Crippen molar-refractivity contribution in [2.24, 2.45) is 0 Å². The molecule has 1 aromatic carbocycles. The Hall–Kier alpha value is -1.12. The van der Waals surface area contributed by atoms with Crippen LogP contribution in [0.4, 0.5) is 0 Å². The number of hydrogen-bond donors (Lipinski definition) is 0. The van der Waals surface area contributed by atoms with Crippen molar-refractivity contribution in [2.45, 2.75) is 46.4 Å². The third-order valence-electron chi connectivity index (χ3n) is 4.13. The topological polar surface area (TPSA) is 18.5 Å². The molecule has 3 heteroatoms. The van der Waals surface area contributed by atoms with Gasteiger partial charge in [-0.25, -0.2) is 0 Å². The summed E-state index contributed by atoms with van der Waals surface area (Å²) in [4.78, 5) is 0. The monoisotopic (exact) mass is 318 g/mol. The second kappa shape index (κ2) is 9.11. The molecule has 122 valence electrons. The summed E-state index contributed by atoms with van der Waals surface area (Å²) in [6, 6.07) is 10.2. The lowest BCUT2D eigenvalue weighted by Gasteiger charge is -2.24. The van der Waals surface area contributed by atoms with E-state index in [1.807, 2.05) is 18.2 Å². The maximum atomic E-state index is 6.01. The molecule has 22 heavy (non-hydrogen) atoms. The number of methoxy groups -OCH3 is 1. The summed E-state index contributed by atoms with van der Waals surface area (Å²) in [6.45, 7) is 11.8. The van der Waals surface area contributed by atoms with Crippen molar-refractivity contribution in [2.75, 3.05) is 19.9 Å². The first kappa shape index (κ1) is 18.9. The molecule has 0 aliphatic carbocycles. The molecule has 0 unspecified atom stereocenters. The third kappa shape index (κ3) is 5.94. The fourth-order valence-electron chi connectivity index (χ4n) is 2.08. The molecule has 1 atom stereocenters.